The zero-order chi connectivity index (χ0) is 22.3. The molecule has 0 fully saturated rings. The van der Waals surface area contributed by atoms with Crippen LogP contribution in [-0.2, 0) is 6.18 Å². The van der Waals surface area contributed by atoms with E-state index in [0.717, 1.165) is 28.6 Å². The molecule has 0 saturated carbocycles. The van der Waals surface area contributed by atoms with E-state index in [1.807, 2.05) is 42.5 Å². The van der Waals surface area contributed by atoms with Crippen molar-refractivity contribution in [1.29, 1.82) is 0 Å². The lowest BCUT2D eigenvalue weighted by Gasteiger charge is -2.12. The van der Waals surface area contributed by atoms with E-state index < -0.39 is 11.7 Å². The first-order valence-corrected chi connectivity index (χ1v) is 9.72. The topological polar surface area (TPSA) is 52.7 Å². The molecule has 0 saturated heterocycles. The summed E-state index contributed by atoms with van der Waals surface area (Å²) in [7, 11) is 0. The number of alkyl halides is 3. The van der Waals surface area contributed by atoms with E-state index in [4.69, 9.17) is 0 Å². The SMILES string of the molecule is O=c1ccn(-c2ccc(C(F)(F)F)cc2)nc1-c1ccnn1-c1cccc2ccccc12. The van der Waals surface area contributed by atoms with Crippen LogP contribution in [0.25, 0.3) is 33.5 Å². The Kier molecular flexibility index (Phi) is 4.62. The third kappa shape index (κ3) is 3.45. The molecule has 5 nitrogen and oxygen atoms in total. The number of benzene rings is 3. The Hall–Kier alpha value is -4.20. The standard InChI is InChI=1S/C24H15F3N4O/c25-24(26,27)17-8-10-18(11-9-17)30-15-13-22(32)23(29-30)21-12-14-28-31(21)20-7-3-5-16-4-1-2-6-19(16)20/h1-15H. The number of fused-ring (bicyclic) bond motifs is 1. The lowest BCUT2D eigenvalue weighted by molar-refractivity contribution is -0.137. The summed E-state index contributed by atoms with van der Waals surface area (Å²) in [5, 5.41) is 10.8. The summed E-state index contributed by atoms with van der Waals surface area (Å²) >= 11 is 0. The molecule has 0 spiro atoms. The first-order chi connectivity index (χ1) is 15.4. The van der Waals surface area contributed by atoms with Gasteiger partial charge in [0.1, 0.15) is 0 Å². The van der Waals surface area contributed by atoms with Crippen molar-refractivity contribution in [3.05, 3.63) is 107 Å². The van der Waals surface area contributed by atoms with Crippen molar-refractivity contribution in [1.82, 2.24) is 19.6 Å². The molecule has 5 aromatic rings. The van der Waals surface area contributed by atoms with Gasteiger partial charge >= 0.3 is 6.18 Å². The molecule has 0 N–H and O–H groups in total. The molecule has 3 aromatic carbocycles. The van der Waals surface area contributed by atoms with Gasteiger partial charge in [-0.05, 0) is 41.8 Å². The van der Waals surface area contributed by atoms with Crippen LogP contribution in [0.3, 0.4) is 0 Å². The maximum absolute atomic E-state index is 12.9. The van der Waals surface area contributed by atoms with Gasteiger partial charge in [-0.2, -0.15) is 23.4 Å². The van der Waals surface area contributed by atoms with Crippen molar-refractivity contribution in [3.63, 3.8) is 0 Å². The highest BCUT2D eigenvalue weighted by Crippen LogP contribution is 2.30. The largest absolute Gasteiger partial charge is 0.416 e. The number of hydrogen-bond donors (Lipinski definition) is 0. The van der Waals surface area contributed by atoms with Crippen molar-refractivity contribution < 1.29 is 13.2 Å². The second kappa shape index (κ2) is 7.49. The molecule has 0 atom stereocenters. The van der Waals surface area contributed by atoms with Crippen molar-refractivity contribution in [2.45, 2.75) is 6.18 Å². The zero-order valence-electron chi connectivity index (χ0n) is 16.5. The number of hydrogen-bond acceptors (Lipinski definition) is 3. The fourth-order valence-electron chi connectivity index (χ4n) is 3.60. The molecule has 0 amide bonds. The summed E-state index contributed by atoms with van der Waals surface area (Å²) in [6.07, 6.45) is -1.42. The quantitative estimate of drug-likeness (QED) is 0.391. The third-order valence-corrected chi connectivity index (χ3v) is 5.15. The Morgan fingerprint density at radius 3 is 2.34 bits per heavy atom. The van der Waals surface area contributed by atoms with Gasteiger partial charge in [-0.3, -0.25) is 4.79 Å². The smallest absolute Gasteiger partial charge is 0.287 e. The van der Waals surface area contributed by atoms with Crippen molar-refractivity contribution >= 4 is 10.8 Å². The number of rotatable bonds is 3. The van der Waals surface area contributed by atoms with E-state index >= 15 is 0 Å². The highest BCUT2D eigenvalue weighted by molar-refractivity contribution is 5.90. The van der Waals surface area contributed by atoms with Gasteiger partial charge < -0.3 is 0 Å². The zero-order valence-corrected chi connectivity index (χ0v) is 16.5. The Morgan fingerprint density at radius 1 is 0.812 bits per heavy atom. The third-order valence-electron chi connectivity index (χ3n) is 5.15. The normalized spacial score (nSPS) is 11.7. The highest BCUT2D eigenvalue weighted by Gasteiger charge is 2.30. The Balaban J connectivity index is 1.62. The fraction of sp³-hybridized carbons (Fsp3) is 0.0417. The molecule has 32 heavy (non-hydrogen) atoms. The number of aromatic nitrogens is 4. The average molecular weight is 432 g/mol. The lowest BCUT2D eigenvalue weighted by atomic mass is 10.1. The van der Waals surface area contributed by atoms with Crippen LogP contribution < -0.4 is 5.43 Å². The lowest BCUT2D eigenvalue weighted by Crippen LogP contribution is -2.15. The maximum atomic E-state index is 12.9. The van der Waals surface area contributed by atoms with E-state index in [-0.39, 0.29) is 11.1 Å². The van der Waals surface area contributed by atoms with Crippen LogP contribution in [-0.4, -0.2) is 19.6 Å². The van der Waals surface area contributed by atoms with Gasteiger partial charge in [-0.15, -0.1) is 0 Å². The fourth-order valence-corrected chi connectivity index (χ4v) is 3.60. The molecule has 0 unspecified atom stereocenters. The molecule has 0 aliphatic heterocycles. The summed E-state index contributed by atoms with van der Waals surface area (Å²) in [6, 6.07) is 21.2. The maximum Gasteiger partial charge on any atom is 0.416 e. The minimum atomic E-state index is -4.42. The molecule has 0 aliphatic rings. The minimum absolute atomic E-state index is 0.137. The monoisotopic (exact) mass is 432 g/mol. The van der Waals surface area contributed by atoms with Crippen LogP contribution in [0.5, 0.6) is 0 Å². The molecule has 5 rings (SSSR count). The van der Waals surface area contributed by atoms with Crippen LogP contribution in [0.1, 0.15) is 5.56 Å². The predicted molar refractivity (Wildman–Crippen MR) is 115 cm³/mol. The predicted octanol–water partition coefficient (Wildman–Crippen LogP) is 5.26. The van der Waals surface area contributed by atoms with Crippen LogP contribution in [0.2, 0.25) is 0 Å². The van der Waals surface area contributed by atoms with Gasteiger partial charge in [0.2, 0.25) is 5.43 Å². The Labute approximate surface area is 180 Å². The van der Waals surface area contributed by atoms with Gasteiger partial charge in [-0.1, -0.05) is 36.4 Å². The number of nitrogens with zero attached hydrogens (tertiary/aromatic N) is 4. The van der Waals surface area contributed by atoms with E-state index in [1.54, 1.807) is 16.9 Å². The van der Waals surface area contributed by atoms with E-state index in [0.29, 0.717) is 11.4 Å². The summed E-state index contributed by atoms with van der Waals surface area (Å²) in [6.45, 7) is 0. The molecule has 0 bridgehead atoms. The summed E-state index contributed by atoms with van der Waals surface area (Å²) < 4.78 is 41.6. The summed E-state index contributed by atoms with van der Waals surface area (Å²) in [5.41, 5.74) is 0.724. The second-order valence-electron chi connectivity index (χ2n) is 7.14. The molecule has 0 aliphatic carbocycles. The van der Waals surface area contributed by atoms with Crippen LogP contribution in [0.15, 0.2) is 96.1 Å². The number of halogens is 3. The van der Waals surface area contributed by atoms with E-state index in [1.165, 1.54) is 29.1 Å². The van der Waals surface area contributed by atoms with Crippen LogP contribution in [0, 0.1) is 0 Å². The first kappa shape index (κ1) is 19.7. The summed E-state index contributed by atoms with van der Waals surface area (Å²) in [4.78, 5) is 12.7. The van der Waals surface area contributed by atoms with Crippen molar-refractivity contribution in [2.75, 3.05) is 0 Å². The molecule has 158 valence electrons. The van der Waals surface area contributed by atoms with E-state index in [2.05, 4.69) is 10.2 Å². The van der Waals surface area contributed by atoms with Gasteiger partial charge in [0.25, 0.3) is 0 Å². The highest BCUT2D eigenvalue weighted by atomic mass is 19.4. The van der Waals surface area contributed by atoms with Crippen molar-refractivity contribution in [3.8, 4) is 22.8 Å². The molecular formula is C24H15F3N4O. The van der Waals surface area contributed by atoms with Gasteiger partial charge in [0.15, 0.2) is 5.69 Å². The first-order valence-electron chi connectivity index (χ1n) is 9.72. The molecule has 2 heterocycles. The van der Waals surface area contributed by atoms with E-state index in [9.17, 15) is 18.0 Å². The molecule has 2 aromatic heterocycles. The van der Waals surface area contributed by atoms with Gasteiger partial charge in [0.05, 0.1) is 28.8 Å². The van der Waals surface area contributed by atoms with Crippen LogP contribution >= 0.6 is 0 Å². The summed E-state index contributed by atoms with van der Waals surface area (Å²) in [5.74, 6) is 0. The van der Waals surface area contributed by atoms with Crippen molar-refractivity contribution in [2.24, 2.45) is 0 Å². The Morgan fingerprint density at radius 2 is 1.56 bits per heavy atom. The minimum Gasteiger partial charge on any atom is -0.287 e. The van der Waals surface area contributed by atoms with Crippen LogP contribution in [0.4, 0.5) is 13.2 Å². The average Bonchev–Trinajstić information content (AvgIpc) is 3.28. The Bertz CT molecular complexity index is 1480. The van der Waals surface area contributed by atoms with Gasteiger partial charge in [-0.25, -0.2) is 9.36 Å². The molecular weight excluding hydrogens is 417 g/mol. The second-order valence-corrected chi connectivity index (χ2v) is 7.14. The van der Waals surface area contributed by atoms with Gasteiger partial charge in [0, 0.05) is 17.6 Å². The molecule has 0 radical (unpaired) electrons. The molecule has 8 heteroatoms.